The first-order valence-electron chi connectivity index (χ1n) is 8.09. The molecule has 0 saturated carbocycles. The molecule has 2 aromatic heterocycles. The molecule has 3 rings (SSSR count). The first-order chi connectivity index (χ1) is 12.2. The summed E-state index contributed by atoms with van der Waals surface area (Å²) in [5.74, 6) is 0.873. The van der Waals surface area contributed by atoms with Crippen molar-refractivity contribution in [2.24, 2.45) is 5.92 Å². The topological polar surface area (TPSA) is 84.8 Å². The van der Waals surface area contributed by atoms with Crippen molar-refractivity contribution in [2.75, 3.05) is 13.7 Å². The van der Waals surface area contributed by atoms with Crippen LogP contribution in [0.25, 0.3) is 11.3 Å². The third-order valence-corrected chi connectivity index (χ3v) is 3.88. The van der Waals surface area contributed by atoms with Crippen LogP contribution in [0.4, 0.5) is 0 Å². The van der Waals surface area contributed by atoms with E-state index in [1.54, 1.807) is 25.7 Å². The smallest absolute Gasteiger partial charge is 0.269 e. The van der Waals surface area contributed by atoms with Gasteiger partial charge in [0, 0.05) is 31.0 Å². The fourth-order valence-electron chi connectivity index (χ4n) is 2.55. The van der Waals surface area contributed by atoms with Gasteiger partial charge in [-0.15, -0.1) is 0 Å². The van der Waals surface area contributed by atoms with Crippen LogP contribution in [0.2, 0.25) is 0 Å². The van der Waals surface area contributed by atoms with Crippen molar-refractivity contribution < 1.29 is 9.53 Å². The molecule has 2 heterocycles. The van der Waals surface area contributed by atoms with E-state index in [2.05, 4.69) is 27.4 Å². The van der Waals surface area contributed by atoms with E-state index in [0.29, 0.717) is 23.9 Å². The molecule has 1 amide bonds. The van der Waals surface area contributed by atoms with Gasteiger partial charge in [0.25, 0.3) is 5.91 Å². The summed E-state index contributed by atoms with van der Waals surface area (Å²) in [6, 6.07) is 9.30. The molecule has 0 spiro atoms. The van der Waals surface area contributed by atoms with Gasteiger partial charge in [-0.1, -0.05) is 19.1 Å². The van der Waals surface area contributed by atoms with E-state index >= 15 is 0 Å². The molecule has 0 saturated heterocycles. The van der Waals surface area contributed by atoms with Crippen LogP contribution in [0.3, 0.4) is 0 Å². The van der Waals surface area contributed by atoms with E-state index in [-0.39, 0.29) is 5.91 Å². The molecule has 1 atom stereocenters. The Kier molecular flexibility index (Phi) is 5.13. The second kappa shape index (κ2) is 7.65. The van der Waals surface area contributed by atoms with Crippen LogP contribution >= 0.6 is 0 Å². The predicted molar refractivity (Wildman–Crippen MR) is 94.3 cm³/mol. The molecule has 7 heteroatoms. The number of rotatable bonds is 7. The first-order valence-corrected chi connectivity index (χ1v) is 8.09. The molecule has 25 heavy (non-hydrogen) atoms. The summed E-state index contributed by atoms with van der Waals surface area (Å²) in [4.78, 5) is 16.3. The zero-order valence-corrected chi connectivity index (χ0v) is 14.3. The Morgan fingerprint density at radius 3 is 3.04 bits per heavy atom. The SMILES string of the molecule is COc1cccc(-c2cc(C(=O)NC[C@@H](C)Cn3ccnc3)[nH]n2)c1. The monoisotopic (exact) mass is 339 g/mol. The number of hydrogen-bond donors (Lipinski definition) is 2. The number of methoxy groups -OCH3 is 1. The van der Waals surface area contributed by atoms with Gasteiger partial charge in [0.15, 0.2) is 0 Å². The maximum atomic E-state index is 12.3. The average Bonchev–Trinajstić information content (AvgIpc) is 3.31. The third kappa shape index (κ3) is 4.26. The van der Waals surface area contributed by atoms with Crippen LogP contribution in [-0.2, 0) is 6.54 Å². The van der Waals surface area contributed by atoms with Crippen molar-refractivity contribution in [2.45, 2.75) is 13.5 Å². The van der Waals surface area contributed by atoms with Crippen molar-refractivity contribution in [3.05, 3.63) is 54.7 Å². The summed E-state index contributed by atoms with van der Waals surface area (Å²) >= 11 is 0. The third-order valence-electron chi connectivity index (χ3n) is 3.88. The van der Waals surface area contributed by atoms with Gasteiger partial charge in [0.05, 0.1) is 19.1 Å². The Labute approximate surface area is 146 Å². The van der Waals surface area contributed by atoms with E-state index < -0.39 is 0 Å². The van der Waals surface area contributed by atoms with Gasteiger partial charge < -0.3 is 14.6 Å². The van der Waals surface area contributed by atoms with Gasteiger partial charge in [-0.2, -0.15) is 5.10 Å². The second-order valence-corrected chi connectivity index (χ2v) is 5.97. The van der Waals surface area contributed by atoms with Crippen LogP contribution in [-0.4, -0.2) is 39.3 Å². The van der Waals surface area contributed by atoms with Crippen molar-refractivity contribution in [3.63, 3.8) is 0 Å². The number of hydrogen-bond acceptors (Lipinski definition) is 4. The summed E-state index contributed by atoms with van der Waals surface area (Å²) < 4.78 is 7.21. The summed E-state index contributed by atoms with van der Waals surface area (Å²) in [6.07, 6.45) is 5.43. The molecular formula is C18H21N5O2. The molecule has 0 bridgehead atoms. The number of nitrogens with one attached hydrogen (secondary N) is 2. The number of nitrogens with zero attached hydrogens (tertiary/aromatic N) is 3. The zero-order valence-electron chi connectivity index (χ0n) is 14.3. The normalized spacial score (nSPS) is 11.9. The summed E-state index contributed by atoms with van der Waals surface area (Å²) in [6.45, 7) is 3.46. The number of amides is 1. The van der Waals surface area contributed by atoms with Gasteiger partial charge >= 0.3 is 0 Å². The lowest BCUT2D eigenvalue weighted by atomic mass is 10.1. The van der Waals surface area contributed by atoms with Crippen molar-refractivity contribution in [1.29, 1.82) is 0 Å². The number of aromatic nitrogens is 4. The Hall–Kier alpha value is -3.09. The Morgan fingerprint density at radius 2 is 2.28 bits per heavy atom. The Bertz CT molecular complexity index is 826. The molecule has 0 aliphatic heterocycles. The number of imidazole rings is 1. The van der Waals surface area contributed by atoms with E-state index in [0.717, 1.165) is 17.9 Å². The number of carbonyl (C=O) groups is 1. The highest BCUT2D eigenvalue weighted by molar-refractivity contribution is 5.93. The first kappa shape index (κ1) is 16.8. The molecule has 7 nitrogen and oxygen atoms in total. The van der Waals surface area contributed by atoms with E-state index in [1.165, 1.54) is 0 Å². The molecule has 0 fully saturated rings. The maximum absolute atomic E-state index is 12.3. The highest BCUT2D eigenvalue weighted by Gasteiger charge is 2.12. The average molecular weight is 339 g/mol. The lowest BCUT2D eigenvalue weighted by molar-refractivity contribution is 0.0942. The minimum absolute atomic E-state index is 0.167. The standard InChI is InChI=1S/C18H21N5O2/c1-13(11-23-7-6-19-12-23)10-20-18(24)17-9-16(21-22-17)14-4-3-5-15(8-14)25-2/h3-9,12-13H,10-11H2,1-2H3,(H,20,24)(H,21,22)/t13-/m1/s1. The zero-order chi connectivity index (χ0) is 17.6. The Balaban J connectivity index is 1.58. The molecule has 0 aliphatic rings. The van der Waals surface area contributed by atoms with Crippen molar-refractivity contribution in [3.8, 4) is 17.0 Å². The molecular weight excluding hydrogens is 318 g/mol. The van der Waals surface area contributed by atoms with Gasteiger partial charge in [0.2, 0.25) is 0 Å². The molecule has 3 aromatic rings. The highest BCUT2D eigenvalue weighted by atomic mass is 16.5. The summed E-state index contributed by atoms with van der Waals surface area (Å²) in [5, 5.41) is 9.94. The minimum atomic E-state index is -0.167. The maximum Gasteiger partial charge on any atom is 0.269 e. The van der Waals surface area contributed by atoms with Crippen LogP contribution in [0.1, 0.15) is 17.4 Å². The van der Waals surface area contributed by atoms with E-state index in [1.807, 2.05) is 35.0 Å². The fourth-order valence-corrected chi connectivity index (χ4v) is 2.55. The highest BCUT2D eigenvalue weighted by Crippen LogP contribution is 2.22. The summed E-state index contributed by atoms with van der Waals surface area (Å²) in [7, 11) is 1.62. The van der Waals surface area contributed by atoms with Crippen molar-refractivity contribution in [1.82, 2.24) is 25.1 Å². The van der Waals surface area contributed by atoms with Crippen LogP contribution in [0.15, 0.2) is 49.1 Å². The molecule has 0 radical (unpaired) electrons. The Morgan fingerprint density at radius 1 is 1.40 bits per heavy atom. The number of ether oxygens (including phenoxy) is 1. The van der Waals surface area contributed by atoms with E-state index in [9.17, 15) is 4.79 Å². The molecule has 1 aromatic carbocycles. The molecule has 130 valence electrons. The van der Waals surface area contributed by atoms with Gasteiger partial charge in [0.1, 0.15) is 11.4 Å². The van der Waals surface area contributed by atoms with Crippen molar-refractivity contribution >= 4 is 5.91 Å². The second-order valence-electron chi connectivity index (χ2n) is 5.97. The summed E-state index contributed by atoms with van der Waals surface area (Å²) in [5.41, 5.74) is 2.03. The number of aromatic amines is 1. The van der Waals surface area contributed by atoms with Crippen LogP contribution in [0, 0.1) is 5.92 Å². The molecule has 0 unspecified atom stereocenters. The van der Waals surface area contributed by atoms with Gasteiger partial charge in [-0.25, -0.2) is 4.98 Å². The van der Waals surface area contributed by atoms with Crippen LogP contribution < -0.4 is 10.1 Å². The minimum Gasteiger partial charge on any atom is -0.497 e. The number of benzene rings is 1. The quantitative estimate of drug-likeness (QED) is 0.692. The fraction of sp³-hybridized carbons (Fsp3) is 0.278. The molecule has 2 N–H and O–H groups in total. The predicted octanol–water partition coefficient (Wildman–Crippen LogP) is 2.35. The van der Waals surface area contributed by atoms with Gasteiger partial charge in [-0.05, 0) is 24.1 Å². The largest absolute Gasteiger partial charge is 0.497 e. The number of carbonyl (C=O) groups excluding carboxylic acids is 1. The van der Waals surface area contributed by atoms with E-state index in [4.69, 9.17) is 4.74 Å². The molecule has 0 aliphatic carbocycles. The number of H-pyrrole nitrogens is 1. The lowest BCUT2D eigenvalue weighted by Crippen LogP contribution is -2.30. The van der Waals surface area contributed by atoms with Crippen LogP contribution in [0.5, 0.6) is 5.75 Å². The lowest BCUT2D eigenvalue weighted by Gasteiger charge is -2.12. The van der Waals surface area contributed by atoms with Gasteiger partial charge in [-0.3, -0.25) is 9.89 Å².